The first-order valence-corrected chi connectivity index (χ1v) is 26.8. The molecule has 0 aliphatic rings. The summed E-state index contributed by atoms with van der Waals surface area (Å²) in [4.78, 5) is 38.0. The molecule has 63 heavy (non-hydrogen) atoms. The van der Waals surface area contributed by atoms with E-state index in [0.29, 0.717) is 19.3 Å². The summed E-state index contributed by atoms with van der Waals surface area (Å²) in [5.41, 5.74) is 0. The summed E-state index contributed by atoms with van der Waals surface area (Å²) in [6, 6.07) is 0. The van der Waals surface area contributed by atoms with Crippen LogP contribution in [0.25, 0.3) is 0 Å². The average Bonchev–Trinajstić information content (AvgIpc) is 3.28. The van der Waals surface area contributed by atoms with Gasteiger partial charge in [-0.3, -0.25) is 14.4 Å². The fourth-order valence-electron chi connectivity index (χ4n) is 7.54. The molecule has 0 N–H and O–H groups in total. The predicted molar refractivity (Wildman–Crippen MR) is 270 cm³/mol. The van der Waals surface area contributed by atoms with Gasteiger partial charge in [0.15, 0.2) is 6.10 Å². The quantitative estimate of drug-likeness (QED) is 0.0262. The van der Waals surface area contributed by atoms with Crippen LogP contribution in [0, 0.1) is 0 Å². The second-order valence-electron chi connectivity index (χ2n) is 17.8. The molecule has 364 valence electrons. The van der Waals surface area contributed by atoms with Crippen molar-refractivity contribution in [2.45, 2.75) is 271 Å². The van der Waals surface area contributed by atoms with Gasteiger partial charge in [-0.25, -0.2) is 0 Å². The van der Waals surface area contributed by atoms with Gasteiger partial charge >= 0.3 is 17.9 Å². The molecule has 0 aliphatic carbocycles. The number of hydrogen-bond donors (Lipinski definition) is 0. The number of esters is 3. The maximum Gasteiger partial charge on any atom is 0.306 e. The van der Waals surface area contributed by atoms with Gasteiger partial charge in [-0.1, -0.05) is 248 Å². The third-order valence-electron chi connectivity index (χ3n) is 11.5. The van der Waals surface area contributed by atoms with Gasteiger partial charge in [-0.15, -0.1) is 0 Å². The van der Waals surface area contributed by atoms with Crippen LogP contribution in [0.5, 0.6) is 0 Å². The van der Waals surface area contributed by atoms with Crippen LogP contribution in [0.1, 0.15) is 265 Å². The second-order valence-corrected chi connectivity index (χ2v) is 17.8. The molecule has 0 bridgehead atoms. The summed E-state index contributed by atoms with van der Waals surface area (Å²) in [6.45, 7) is 6.49. The summed E-state index contributed by atoms with van der Waals surface area (Å²) in [5, 5.41) is 0. The molecular weight excluding hydrogens is 781 g/mol. The molecule has 0 aliphatic heterocycles. The van der Waals surface area contributed by atoms with Crippen LogP contribution >= 0.6 is 0 Å². The van der Waals surface area contributed by atoms with Crippen LogP contribution in [0.3, 0.4) is 0 Å². The van der Waals surface area contributed by atoms with Gasteiger partial charge in [-0.05, 0) is 57.8 Å². The van der Waals surface area contributed by atoms with Gasteiger partial charge in [0.1, 0.15) is 13.2 Å². The Hall–Kier alpha value is -2.89. The predicted octanol–water partition coefficient (Wildman–Crippen LogP) is 17.6. The molecule has 0 saturated carbocycles. The van der Waals surface area contributed by atoms with E-state index in [9.17, 15) is 14.4 Å². The maximum atomic E-state index is 12.8. The van der Waals surface area contributed by atoms with E-state index in [-0.39, 0.29) is 37.5 Å². The Kier molecular flexibility index (Phi) is 49.4. The van der Waals surface area contributed by atoms with E-state index in [2.05, 4.69) is 81.5 Å². The average molecular weight is 881 g/mol. The Morgan fingerprint density at radius 2 is 0.619 bits per heavy atom. The highest BCUT2D eigenvalue weighted by Gasteiger charge is 2.19. The van der Waals surface area contributed by atoms with Gasteiger partial charge in [0.25, 0.3) is 0 Å². The molecule has 6 heteroatoms. The molecular formula is C57H100O6. The van der Waals surface area contributed by atoms with Crippen molar-refractivity contribution >= 4 is 17.9 Å². The van der Waals surface area contributed by atoms with Crippen molar-refractivity contribution in [3.05, 3.63) is 60.8 Å². The monoisotopic (exact) mass is 881 g/mol. The lowest BCUT2D eigenvalue weighted by Gasteiger charge is -2.18. The lowest BCUT2D eigenvalue weighted by atomic mass is 10.0. The summed E-state index contributed by atoms with van der Waals surface area (Å²) >= 11 is 0. The molecule has 0 heterocycles. The van der Waals surface area contributed by atoms with Crippen LogP contribution in [0.2, 0.25) is 0 Å². The molecule has 6 nitrogen and oxygen atoms in total. The third-order valence-corrected chi connectivity index (χ3v) is 11.5. The SMILES string of the molecule is CC/C=C\C/C=C\C/C=C\C/C=C\C/C=C\CCCC(=O)OC[C@@H](COC(=O)CCCCCCCCCCCCCC)OC(=O)CCCCCCCCCCCCCCCCCC. The van der Waals surface area contributed by atoms with E-state index >= 15 is 0 Å². The first kappa shape index (κ1) is 60.1. The molecule has 0 fully saturated rings. The Balaban J connectivity index is 4.43. The van der Waals surface area contributed by atoms with Crippen LogP contribution in [0.4, 0.5) is 0 Å². The van der Waals surface area contributed by atoms with E-state index in [1.807, 2.05) is 0 Å². The van der Waals surface area contributed by atoms with E-state index in [0.717, 1.165) is 77.0 Å². The van der Waals surface area contributed by atoms with Crippen LogP contribution in [-0.4, -0.2) is 37.2 Å². The number of ether oxygens (including phenoxy) is 3. The second kappa shape index (κ2) is 51.7. The van der Waals surface area contributed by atoms with Crippen molar-refractivity contribution in [3.63, 3.8) is 0 Å². The molecule has 0 aromatic heterocycles. The molecule has 0 saturated heterocycles. The standard InChI is InChI=1S/C57H100O6/c1-4-7-10-13-16-19-22-25-27-29-31-32-35-38-41-44-47-50-56(59)62-53-54(52-61-55(58)49-46-43-40-37-34-24-21-18-15-12-9-6-3)63-57(60)51-48-45-42-39-36-33-30-28-26-23-20-17-14-11-8-5-2/h7,10,16,19,25,27,31-32,38,41,54H,4-6,8-9,11-15,17-18,20-24,26,28-30,33-37,39-40,42-53H2,1-3H3/b10-7-,19-16-,27-25-,32-31-,41-38-/t54-/m1/s1. The lowest BCUT2D eigenvalue weighted by Crippen LogP contribution is -2.30. The summed E-state index contributed by atoms with van der Waals surface area (Å²) in [7, 11) is 0. The zero-order chi connectivity index (χ0) is 45.8. The third kappa shape index (κ3) is 50.0. The van der Waals surface area contributed by atoms with Gasteiger partial charge < -0.3 is 14.2 Å². The first-order valence-electron chi connectivity index (χ1n) is 26.8. The van der Waals surface area contributed by atoms with Crippen molar-refractivity contribution in [2.24, 2.45) is 0 Å². The topological polar surface area (TPSA) is 78.9 Å². The first-order chi connectivity index (χ1) is 31.0. The number of carbonyl (C=O) groups is 3. The van der Waals surface area contributed by atoms with Crippen molar-refractivity contribution in [1.82, 2.24) is 0 Å². The normalized spacial score (nSPS) is 12.5. The van der Waals surface area contributed by atoms with E-state index in [4.69, 9.17) is 14.2 Å². The van der Waals surface area contributed by atoms with E-state index < -0.39 is 6.10 Å². The van der Waals surface area contributed by atoms with Crippen LogP contribution in [-0.2, 0) is 28.6 Å². The Morgan fingerprint density at radius 3 is 0.968 bits per heavy atom. The highest BCUT2D eigenvalue weighted by atomic mass is 16.6. The Morgan fingerprint density at radius 1 is 0.333 bits per heavy atom. The Labute approximate surface area is 390 Å². The molecule has 0 unspecified atom stereocenters. The highest BCUT2D eigenvalue weighted by Crippen LogP contribution is 2.16. The minimum Gasteiger partial charge on any atom is -0.462 e. The summed E-state index contributed by atoms with van der Waals surface area (Å²) in [5.74, 6) is -0.940. The smallest absolute Gasteiger partial charge is 0.306 e. The minimum atomic E-state index is -0.792. The largest absolute Gasteiger partial charge is 0.462 e. The van der Waals surface area contributed by atoms with Gasteiger partial charge in [0.05, 0.1) is 0 Å². The van der Waals surface area contributed by atoms with Gasteiger partial charge in [0, 0.05) is 19.3 Å². The van der Waals surface area contributed by atoms with Crippen molar-refractivity contribution in [2.75, 3.05) is 13.2 Å². The molecule has 0 aromatic carbocycles. The minimum absolute atomic E-state index is 0.0882. The van der Waals surface area contributed by atoms with Crippen molar-refractivity contribution in [1.29, 1.82) is 0 Å². The van der Waals surface area contributed by atoms with Crippen molar-refractivity contribution < 1.29 is 28.6 Å². The van der Waals surface area contributed by atoms with Gasteiger partial charge in [-0.2, -0.15) is 0 Å². The number of allylic oxidation sites excluding steroid dienone is 10. The molecule has 1 atom stereocenters. The summed E-state index contributed by atoms with van der Waals surface area (Å²) in [6.07, 6.45) is 63.5. The lowest BCUT2D eigenvalue weighted by molar-refractivity contribution is -0.167. The van der Waals surface area contributed by atoms with E-state index in [1.165, 1.54) is 141 Å². The maximum absolute atomic E-state index is 12.8. The number of unbranched alkanes of at least 4 members (excludes halogenated alkanes) is 27. The van der Waals surface area contributed by atoms with E-state index in [1.54, 1.807) is 0 Å². The van der Waals surface area contributed by atoms with Gasteiger partial charge in [0.2, 0.25) is 0 Å². The molecule has 0 amide bonds. The fraction of sp³-hybridized carbons (Fsp3) is 0.772. The zero-order valence-corrected chi connectivity index (χ0v) is 41.6. The number of carbonyl (C=O) groups excluding carboxylic acids is 3. The fourth-order valence-corrected chi connectivity index (χ4v) is 7.54. The molecule has 0 radical (unpaired) electrons. The van der Waals surface area contributed by atoms with Crippen molar-refractivity contribution in [3.8, 4) is 0 Å². The Bertz CT molecular complexity index is 1150. The van der Waals surface area contributed by atoms with Crippen LogP contribution < -0.4 is 0 Å². The molecule has 0 spiro atoms. The number of hydrogen-bond acceptors (Lipinski definition) is 6. The number of rotatable bonds is 48. The summed E-state index contributed by atoms with van der Waals surface area (Å²) < 4.78 is 16.8. The molecule has 0 rings (SSSR count). The highest BCUT2D eigenvalue weighted by molar-refractivity contribution is 5.71. The molecule has 0 aromatic rings. The van der Waals surface area contributed by atoms with Crippen LogP contribution in [0.15, 0.2) is 60.8 Å². The zero-order valence-electron chi connectivity index (χ0n) is 41.6.